The van der Waals surface area contributed by atoms with E-state index in [1.807, 2.05) is 0 Å². The molecule has 6 heteroatoms. The van der Waals surface area contributed by atoms with Gasteiger partial charge in [-0.05, 0) is 18.8 Å². The number of nitrogens with zero attached hydrogens (tertiary/aromatic N) is 2. The highest BCUT2D eigenvalue weighted by Gasteiger charge is 2.32. The number of piperidine rings is 1. The van der Waals surface area contributed by atoms with Gasteiger partial charge < -0.3 is 14.9 Å². The summed E-state index contributed by atoms with van der Waals surface area (Å²) in [6.45, 7) is 3.84. The first-order chi connectivity index (χ1) is 9.51. The standard InChI is InChI=1S/C14H22N2O4/c1-2-10-7-12(17)16(8-10)9-13(18)15-5-3-11(4-6-15)14(19)20/h10-11H,2-9H2,1H3,(H,19,20). The van der Waals surface area contributed by atoms with Crippen LogP contribution in [0.3, 0.4) is 0 Å². The van der Waals surface area contributed by atoms with Crippen molar-refractivity contribution in [1.29, 1.82) is 0 Å². The van der Waals surface area contributed by atoms with Crippen LogP contribution in [-0.2, 0) is 14.4 Å². The lowest BCUT2D eigenvalue weighted by Crippen LogP contribution is -2.45. The quantitative estimate of drug-likeness (QED) is 0.817. The summed E-state index contributed by atoms with van der Waals surface area (Å²) in [5, 5.41) is 8.93. The van der Waals surface area contributed by atoms with Crippen molar-refractivity contribution in [1.82, 2.24) is 9.80 Å². The van der Waals surface area contributed by atoms with Crippen molar-refractivity contribution < 1.29 is 19.5 Å². The van der Waals surface area contributed by atoms with E-state index >= 15 is 0 Å². The molecule has 0 aliphatic carbocycles. The van der Waals surface area contributed by atoms with Crippen molar-refractivity contribution in [2.24, 2.45) is 11.8 Å². The van der Waals surface area contributed by atoms with Crippen LogP contribution in [0, 0.1) is 11.8 Å². The van der Waals surface area contributed by atoms with E-state index in [4.69, 9.17) is 5.11 Å². The Morgan fingerprint density at radius 2 is 1.95 bits per heavy atom. The van der Waals surface area contributed by atoms with E-state index in [9.17, 15) is 14.4 Å². The summed E-state index contributed by atoms with van der Waals surface area (Å²) in [6, 6.07) is 0. The van der Waals surface area contributed by atoms with Gasteiger partial charge in [0.25, 0.3) is 0 Å². The predicted molar refractivity (Wildman–Crippen MR) is 71.9 cm³/mol. The summed E-state index contributed by atoms with van der Waals surface area (Å²) in [4.78, 5) is 38.1. The van der Waals surface area contributed by atoms with Gasteiger partial charge in [0.2, 0.25) is 11.8 Å². The van der Waals surface area contributed by atoms with Crippen LogP contribution in [-0.4, -0.2) is 58.9 Å². The van der Waals surface area contributed by atoms with Crippen LogP contribution in [0.1, 0.15) is 32.6 Å². The van der Waals surface area contributed by atoms with Gasteiger partial charge in [-0.15, -0.1) is 0 Å². The Bertz CT molecular complexity index is 402. The second kappa shape index (κ2) is 6.24. The van der Waals surface area contributed by atoms with Crippen molar-refractivity contribution in [3.8, 4) is 0 Å². The van der Waals surface area contributed by atoms with Gasteiger partial charge in [0.1, 0.15) is 0 Å². The fourth-order valence-electron chi connectivity index (χ4n) is 2.92. The second-order valence-corrected chi connectivity index (χ2v) is 5.75. The summed E-state index contributed by atoms with van der Waals surface area (Å²) in [5.74, 6) is -0.743. The first kappa shape index (κ1) is 14.8. The summed E-state index contributed by atoms with van der Waals surface area (Å²) in [5.41, 5.74) is 0. The molecule has 2 rings (SSSR count). The molecule has 20 heavy (non-hydrogen) atoms. The number of carbonyl (C=O) groups excluding carboxylic acids is 2. The lowest BCUT2D eigenvalue weighted by molar-refractivity contribution is -0.146. The molecule has 2 amide bonds. The van der Waals surface area contributed by atoms with Crippen LogP contribution >= 0.6 is 0 Å². The number of carbonyl (C=O) groups is 3. The highest BCUT2D eigenvalue weighted by molar-refractivity contribution is 5.86. The fraction of sp³-hybridized carbons (Fsp3) is 0.786. The molecule has 0 aromatic rings. The van der Waals surface area contributed by atoms with Crippen LogP contribution in [0.15, 0.2) is 0 Å². The Labute approximate surface area is 118 Å². The molecule has 1 atom stereocenters. The molecule has 2 aliphatic heterocycles. The SMILES string of the molecule is CCC1CC(=O)N(CC(=O)N2CCC(C(=O)O)CC2)C1. The molecule has 2 saturated heterocycles. The number of likely N-dealkylation sites (tertiary alicyclic amines) is 2. The van der Waals surface area contributed by atoms with Gasteiger partial charge in [0.05, 0.1) is 12.5 Å². The van der Waals surface area contributed by atoms with E-state index < -0.39 is 5.97 Å². The molecule has 6 nitrogen and oxygen atoms in total. The summed E-state index contributed by atoms with van der Waals surface area (Å²) in [6.07, 6.45) is 2.52. The number of carboxylic acid groups (broad SMARTS) is 1. The van der Waals surface area contributed by atoms with Crippen molar-refractivity contribution in [2.45, 2.75) is 32.6 Å². The van der Waals surface area contributed by atoms with E-state index in [2.05, 4.69) is 6.92 Å². The number of aliphatic carboxylic acids is 1. The maximum atomic E-state index is 12.2. The topological polar surface area (TPSA) is 77.9 Å². The van der Waals surface area contributed by atoms with Crippen molar-refractivity contribution >= 4 is 17.8 Å². The Morgan fingerprint density at radius 1 is 1.30 bits per heavy atom. The number of rotatable bonds is 4. The lowest BCUT2D eigenvalue weighted by atomic mass is 9.97. The van der Waals surface area contributed by atoms with Gasteiger partial charge in [-0.1, -0.05) is 13.3 Å². The second-order valence-electron chi connectivity index (χ2n) is 5.75. The van der Waals surface area contributed by atoms with E-state index in [0.29, 0.717) is 44.8 Å². The lowest BCUT2D eigenvalue weighted by Gasteiger charge is -2.31. The summed E-state index contributed by atoms with van der Waals surface area (Å²) >= 11 is 0. The zero-order valence-electron chi connectivity index (χ0n) is 11.9. The minimum absolute atomic E-state index is 0.0565. The van der Waals surface area contributed by atoms with Crippen LogP contribution in [0.25, 0.3) is 0 Å². The molecule has 112 valence electrons. The van der Waals surface area contributed by atoms with Crippen LogP contribution < -0.4 is 0 Å². The molecule has 2 aliphatic rings. The van der Waals surface area contributed by atoms with E-state index in [0.717, 1.165) is 6.42 Å². The molecule has 0 bridgehead atoms. The third kappa shape index (κ3) is 3.29. The normalized spacial score (nSPS) is 24.2. The van der Waals surface area contributed by atoms with Crippen LogP contribution in [0.5, 0.6) is 0 Å². The van der Waals surface area contributed by atoms with Gasteiger partial charge in [0.15, 0.2) is 0 Å². The molecule has 1 N–H and O–H groups in total. The molecule has 0 radical (unpaired) electrons. The zero-order valence-corrected chi connectivity index (χ0v) is 11.9. The van der Waals surface area contributed by atoms with Gasteiger partial charge in [0, 0.05) is 26.1 Å². The number of hydrogen-bond acceptors (Lipinski definition) is 3. The molecule has 2 heterocycles. The highest BCUT2D eigenvalue weighted by atomic mass is 16.4. The maximum Gasteiger partial charge on any atom is 0.306 e. The van der Waals surface area contributed by atoms with Crippen molar-refractivity contribution in [3.63, 3.8) is 0 Å². The Hall–Kier alpha value is -1.59. The molecule has 0 spiro atoms. The number of amides is 2. The summed E-state index contributed by atoms with van der Waals surface area (Å²) in [7, 11) is 0. The average Bonchev–Trinajstić information content (AvgIpc) is 2.79. The van der Waals surface area contributed by atoms with E-state index in [-0.39, 0.29) is 24.3 Å². The molecule has 0 saturated carbocycles. The Morgan fingerprint density at radius 3 is 2.45 bits per heavy atom. The van der Waals surface area contributed by atoms with Crippen LogP contribution in [0.2, 0.25) is 0 Å². The molecule has 1 unspecified atom stereocenters. The van der Waals surface area contributed by atoms with E-state index in [1.165, 1.54) is 0 Å². The average molecular weight is 282 g/mol. The van der Waals surface area contributed by atoms with Gasteiger partial charge in [-0.2, -0.15) is 0 Å². The fourth-order valence-corrected chi connectivity index (χ4v) is 2.92. The number of carboxylic acids is 1. The van der Waals surface area contributed by atoms with Crippen molar-refractivity contribution in [2.75, 3.05) is 26.2 Å². The third-order valence-corrected chi connectivity index (χ3v) is 4.39. The summed E-state index contributed by atoms with van der Waals surface area (Å²) < 4.78 is 0. The molecule has 0 aromatic carbocycles. The van der Waals surface area contributed by atoms with Crippen molar-refractivity contribution in [3.05, 3.63) is 0 Å². The van der Waals surface area contributed by atoms with E-state index in [1.54, 1.807) is 9.80 Å². The molecular formula is C14H22N2O4. The maximum absolute atomic E-state index is 12.2. The largest absolute Gasteiger partial charge is 0.481 e. The Kier molecular flexibility index (Phi) is 4.62. The minimum Gasteiger partial charge on any atom is -0.481 e. The predicted octanol–water partition coefficient (Wildman–Crippen LogP) is 0.568. The highest BCUT2D eigenvalue weighted by Crippen LogP contribution is 2.21. The molecular weight excluding hydrogens is 260 g/mol. The van der Waals surface area contributed by atoms with Gasteiger partial charge in [-0.25, -0.2) is 0 Å². The monoisotopic (exact) mass is 282 g/mol. The van der Waals surface area contributed by atoms with Gasteiger partial charge >= 0.3 is 5.97 Å². The molecule has 2 fully saturated rings. The Balaban J connectivity index is 1.81. The third-order valence-electron chi connectivity index (χ3n) is 4.39. The van der Waals surface area contributed by atoms with Crippen LogP contribution in [0.4, 0.5) is 0 Å². The molecule has 0 aromatic heterocycles. The number of hydrogen-bond donors (Lipinski definition) is 1. The zero-order chi connectivity index (χ0) is 14.7. The first-order valence-corrected chi connectivity index (χ1v) is 7.29. The van der Waals surface area contributed by atoms with Gasteiger partial charge in [-0.3, -0.25) is 14.4 Å². The first-order valence-electron chi connectivity index (χ1n) is 7.29. The smallest absolute Gasteiger partial charge is 0.306 e. The minimum atomic E-state index is -0.780.